The molecule has 5 heteroatoms. The Morgan fingerprint density at radius 1 is 1.43 bits per heavy atom. The van der Waals surface area contributed by atoms with E-state index < -0.39 is 5.54 Å². The summed E-state index contributed by atoms with van der Waals surface area (Å²) in [7, 11) is 0. The highest BCUT2D eigenvalue weighted by atomic mass is 16.5. The SMILES string of the molecule is CC1(C)C2OCCC2C1(N)C(=O)NCc1ccc(O)cc1. The van der Waals surface area contributed by atoms with Crippen molar-refractivity contribution in [2.45, 2.75) is 38.5 Å². The zero-order chi connectivity index (χ0) is 15.3. The van der Waals surface area contributed by atoms with Crippen LogP contribution >= 0.6 is 0 Å². The maximum absolute atomic E-state index is 12.6. The minimum atomic E-state index is -0.870. The largest absolute Gasteiger partial charge is 0.508 e. The van der Waals surface area contributed by atoms with E-state index in [9.17, 15) is 9.90 Å². The van der Waals surface area contributed by atoms with E-state index >= 15 is 0 Å². The topological polar surface area (TPSA) is 84.6 Å². The number of ether oxygens (including phenoxy) is 1. The fourth-order valence-corrected chi connectivity index (χ4v) is 3.79. The van der Waals surface area contributed by atoms with Gasteiger partial charge >= 0.3 is 0 Å². The fourth-order valence-electron chi connectivity index (χ4n) is 3.79. The molecule has 3 atom stereocenters. The van der Waals surface area contributed by atoms with Crippen molar-refractivity contribution in [2.75, 3.05) is 6.61 Å². The third kappa shape index (κ3) is 1.95. The van der Waals surface area contributed by atoms with Gasteiger partial charge in [0, 0.05) is 24.5 Å². The number of phenols is 1. The minimum absolute atomic E-state index is 0.0851. The van der Waals surface area contributed by atoms with Gasteiger partial charge in [0.2, 0.25) is 5.91 Å². The molecule has 21 heavy (non-hydrogen) atoms. The lowest BCUT2D eigenvalue weighted by Gasteiger charge is -2.60. The van der Waals surface area contributed by atoms with Crippen molar-refractivity contribution in [3.63, 3.8) is 0 Å². The van der Waals surface area contributed by atoms with Crippen LogP contribution in [0.25, 0.3) is 0 Å². The van der Waals surface area contributed by atoms with Crippen LogP contribution in [-0.4, -0.2) is 29.3 Å². The molecule has 4 N–H and O–H groups in total. The first-order valence-electron chi connectivity index (χ1n) is 7.34. The molecule has 2 fully saturated rings. The van der Waals surface area contributed by atoms with Crippen LogP contribution in [0.2, 0.25) is 0 Å². The molecule has 1 amide bonds. The molecular formula is C16H22N2O3. The average molecular weight is 290 g/mol. The van der Waals surface area contributed by atoms with Crippen LogP contribution in [0.4, 0.5) is 0 Å². The Hall–Kier alpha value is -1.59. The van der Waals surface area contributed by atoms with Crippen LogP contribution in [0.15, 0.2) is 24.3 Å². The van der Waals surface area contributed by atoms with E-state index in [0.29, 0.717) is 13.2 Å². The summed E-state index contributed by atoms with van der Waals surface area (Å²) in [5, 5.41) is 12.2. The second-order valence-corrected chi connectivity index (χ2v) is 6.63. The Balaban J connectivity index is 1.69. The Morgan fingerprint density at radius 3 is 2.76 bits per heavy atom. The van der Waals surface area contributed by atoms with E-state index in [0.717, 1.165) is 12.0 Å². The van der Waals surface area contributed by atoms with Gasteiger partial charge in [-0.1, -0.05) is 26.0 Å². The number of hydrogen-bond donors (Lipinski definition) is 3. The van der Waals surface area contributed by atoms with Crippen LogP contribution in [0.3, 0.4) is 0 Å². The zero-order valence-electron chi connectivity index (χ0n) is 12.4. The highest BCUT2D eigenvalue weighted by Gasteiger charge is 2.71. The summed E-state index contributed by atoms with van der Waals surface area (Å²) < 4.78 is 5.70. The van der Waals surface area contributed by atoms with Crippen molar-refractivity contribution >= 4 is 5.91 Å². The number of hydrogen-bond acceptors (Lipinski definition) is 4. The molecule has 1 heterocycles. The molecule has 1 aliphatic heterocycles. The maximum Gasteiger partial charge on any atom is 0.241 e. The summed E-state index contributed by atoms with van der Waals surface area (Å²) in [6, 6.07) is 6.78. The third-order valence-corrected chi connectivity index (χ3v) is 5.22. The molecule has 3 unspecified atom stereocenters. The number of aromatic hydroxyl groups is 1. The fraction of sp³-hybridized carbons (Fsp3) is 0.562. The predicted octanol–water partition coefficient (Wildman–Crippen LogP) is 1.15. The van der Waals surface area contributed by atoms with Crippen LogP contribution < -0.4 is 11.1 Å². The number of carbonyl (C=O) groups excluding carboxylic acids is 1. The smallest absolute Gasteiger partial charge is 0.241 e. The minimum Gasteiger partial charge on any atom is -0.508 e. The lowest BCUT2D eigenvalue weighted by Crippen LogP contribution is -2.80. The summed E-state index contributed by atoms with van der Waals surface area (Å²) in [6.07, 6.45) is 0.930. The van der Waals surface area contributed by atoms with E-state index in [4.69, 9.17) is 10.5 Å². The number of carbonyl (C=O) groups is 1. The molecule has 1 saturated heterocycles. The summed E-state index contributed by atoms with van der Waals surface area (Å²) in [6.45, 7) is 5.09. The monoisotopic (exact) mass is 290 g/mol. The number of phenolic OH excluding ortho intramolecular Hbond substituents is 1. The molecule has 0 spiro atoms. The molecule has 1 aromatic rings. The van der Waals surface area contributed by atoms with Crippen molar-refractivity contribution in [3.8, 4) is 5.75 Å². The molecule has 1 aliphatic carbocycles. The Kier molecular flexibility index (Phi) is 3.22. The summed E-state index contributed by atoms with van der Waals surface area (Å²) in [5.41, 5.74) is 6.17. The third-order valence-electron chi connectivity index (χ3n) is 5.22. The van der Waals surface area contributed by atoms with Gasteiger partial charge in [-0.15, -0.1) is 0 Å². The van der Waals surface area contributed by atoms with Crippen molar-refractivity contribution in [1.82, 2.24) is 5.32 Å². The first-order valence-corrected chi connectivity index (χ1v) is 7.34. The van der Waals surface area contributed by atoms with E-state index in [2.05, 4.69) is 5.32 Å². The quantitative estimate of drug-likeness (QED) is 0.779. The number of fused-ring (bicyclic) bond motifs is 1. The molecule has 5 nitrogen and oxygen atoms in total. The zero-order valence-corrected chi connectivity index (χ0v) is 12.4. The van der Waals surface area contributed by atoms with Gasteiger partial charge in [-0.25, -0.2) is 0 Å². The van der Waals surface area contributed by atoms with Crippen molar-refractivity contribution in [3.05, 3.63) is 29.8 Å². The van der Waals surface area contributed by atoms with Gasteiger partial charge in [0.05, 0.1) is 6.10 Å². The molecule has 0 aromatic heterocycles. The molecule has 0 radical (unpaired) electrons. The van der Waals surface area contributed by atoms with Crippen molar-refractivity contribution in [1.29, 1.82) is 0 Å². The molecule has 0 bridgehead atoms. The van der Waals surface area contributed by atoms with Crippen LogP contribution in [0.5, 0.6) is 5.75 Å². The molecular weight excluding hydrogens is 268 g/mol. The number of nitrogens with two attached hydrogens (primary N) is 1. The van der Waals surface area contributed by atoms with E-state index in [1.54, 1.807) is 24.3 Å². The van der Waals surface area contributed by atoms with Gasteiger partial charge in [0.1, 0.15) is 11.3 Å². The summed E-state index contributed by atoms with van der Waals surface area (Å²) in [4.78, 5) is 12.6. The molecule has 114 valence electrons. The maximum atomic E-state index is 12.6. The van der Waals surface area contributed by atoms with Crippen LogP contribution in [0.1, 0.15) is 25.8 Å². The standard InChI is InChI=1S/C16H22N2O3/c1-15(2)13-12(7-8-21-13)16(15,17)14(20)18-9-10-3-5-11(19)6-4-10/h3-6,12-13,19H,7-9,17H2,1-2H3,(H,18,20). The summed E-state index contributed by atoms with van der Waals surface area (Å²) in [5.74, 6) is 0.200. The molecule has 1 aromatic carbocycles. The second-order valence-electron chi connectivity index (χ2n) is 6.63. The van der Waals surface area contributed by atoms with Crippen molar-refractivity contribution < 1.29 is 14.6 Å². The molecule has 3 rings (SSSR count). The Bertz CT molecular complexity index is 555. The lowest BCUT2D eigenvalue weighted by atomic mass is 9.48. The van der Waals surface area contributed by atoms with Gasteiger partial charge in [0.25, 0.3) is 0 Å². The van der Waals surface area contributed by atoms with E-state index in [1.165, 1.54) is 0 Å². The normalized spacial score (nSPS) is 33.1. The second kappa shape index (κ2) is 4.71. The van der Waals surface area contributed by atoms with Crippen LogP contribution in [-0.2, 0) is 16.1 Å². The number of benzene rings is 1. The molecule has 2 aliphatic rings. The summed E-state index contributed by atoms with van der Waals surface area (Å²) >= 11 is 0. The Labute approximate surface area is 124 Å². The highest BCUT2D eigenvalue weighted by molar-refractivity contribution is 5.89. The van der Waals surface area contributed by atoms with Crippen LogP contribution in [0, 0.1) is 11.3 Å². The van der Waals surface area contributed by atoms with Gasteiger partial charge in [-0.05, 0) is 24.1 Å². The van der Waals surface area contributed by atoms with E-state index in [1.807, 2.05) is 13.8 Å². The first kappa shape index (κ1) is 14.4. The van der Waals surface area contributed by atoms with Gasteiger partial charge in [-0.3, -0.25) is 4.79 Å². The number of nitrogens with one attached hydrogen (secondary N) is 1. The Morgan fingerprint density at radius 2 is 2.10 bits per heavy atom. The van der Waals surface area contributed by atoms with Gasteiger partial charge < -0.3 is 20.9 Å². The van der Waals surface area contributed by atoms with E-state index in [-0.39, 0.29) is 29.1 Å². The molecule has 1 saturated carbocycles. The lowest BCUT2D eigenvalue weighted by molar-refractivity contribution is -0.175. The highest BCUT2D eigenvalue weighted by Crippen LogP contribution is 2.58. The van der Waals surface area contributed by atoms with Gasteiger partial charge in [-0.2, -0.15) is 0 Å². The average Bonchev–Trinajstić information content (AvgIpc) is 2.93. The number of amides is 1. The predicted molar refractivity (Wildman–Crippen MR) is 78.5 cm³/mol. The van der Waals surface area contributed by atoms with Crippen molar-refractivity contribution in [2.24, 2.45) is 17.1 Å². The number of rotatable bonds is 3. The van der Waals surface area contributed by atoms with Gasteiger partial charge in [0.15, 0.2) is 0 Å². The first-order chi connectivity index (χ1) is 9.87.